The van der Waals surface area contributed by atoms with Crippen LogP contribution in [0.15, 0.2) is 24.5 Å². The number of hydrogen-bond donors (Lipinski definition) is 0. The molecule has 0 N–H and O–H groups in total. The third kappa shape index (κ3) is 1.08. The molecule has 2 aromatic rings. The zero-order valence-corrected chi connectivity index (χ0v) is 7.54. The minimum atomic E-state index is 0.548. The van der Waals surface area contributed by atoms with Crippen molar-refractivity contribution >= 4 is 22.6 Å². The van der Waals surface area contributed by atoms with Crippen LogP contribution >= 0.6 is 11.6 Å². The first kappa shape index (κ1) is 7.62. The lowest BCUT2D eigenvalue weighted by Gasteiger charge is -1.95. The van der Waals surface area contributed by atoms with Crippen LogP contribution in [0.4, 0.5) is 0 Å². The van der Waals surface area contributed by atoms with E-state index in [4.69, 9.17) is 11.6 Å². The van der Waals surface area contributed by atoms with Gasteiger partial charge in [-0.05, 0) is 17.7 Å². The smallest absolute Gasteiger partial charge is 0.0955 e. The van der Waals surface area contributed by atoms with Crippen LogP contribution in [-0.4, -0.2) is 9.55 Å². The Bertz CT molecular complexity index is 406. The first-order valence-corrected chi connectivity index (χ1v) is 4.30. The summed E-state index contributed by atoms with van der Waals surface area (Å²) in [5.41, 5.74) is 3.27. The Balaban J connectivity index is 2.69. The second kappa shape index (κ2) is 2.79. The molecule has 0 fully saturated rings. The highest BCUT2D eigenvalue weighted by atomic mass is 35.5. The van der Waals surface area contributed by atoms with Gasteiger partial charge in [-0.25, -0.2) is 4.98 Å². The summed E-state index contributed by atoms with van der Waals surface area (Å²) in [4.78, 5) is 4.23. The number of rotatable bonds is 1. The minimum absolute atomic E-state index is 0.548. The molecule has 0 atom stereocenters. The van der Waals surface area contributed by atoms with Gasteiger partial charge in [0, 0.05) is 12.9 Å². The van der Waals surface area contributed by atoms with Gasteiger partial charge in [-0.15, -0.1) is 11.6 Å². The lowest BCUT2D eigenvalue weighted by molar-refractivity contribution is 0.947. The van der Waals surface area contributed by atoms with Gasteiger partial charge in [0.05, 0.1) is 17.4 Å². The molecule has 1 aromatic carbocycles. The molecule has 0 spiro atoms. The van der Waals surface area contributed by atoms with E-state index < -0.39 is 0 Å². The number of hydrogen-bond acceptors (Lipinski definition) is 1. The highest BCUT2D eigenvalue weighted by Gasteiger charge is 1.99. The first-order valence-electron chi connectivity index (χ1n) is 3.77. The third-order valence-electron chi connectivity index (χ3n) is 1.94. The second-order valence-corrected chi connectivity index (χ2v) is 3.08. The van der Waals surface area contributed by atoms with Crippen molar-refractivity contribution in [1.29, 1.82) is 0 Å². The van der Waals surface area contributed by atoms with Crippen molar-refractivity contribution in [2.45, 2.75) is 5.88 Å². The van der Waals surface area contributed by atoms with Crippen molar-refractivity contribution < 1.29 is 0 Å². The number of nitrogens with zero attached hydrogens (tertiary/aromatic N) is 2. The summed E-state index contributed by atoms with van der Waals surface area (Å²) in [6.07, 6.45) is 1.81. The zero-order chi connectivity index (χ0) is 8.55. The highest BCUT2D eigenvalue weighted by Crippen LogP contribution is 2.14. The minimum Gasteiger partial charge on any atom is -0.334 e. The maximum Gasteiger partial charge on any atom is 0.0955 e. The molecule has 0 bridgehead atoms. The fourth-order valence-corrected chi connectivity index (χ4v) is 1.43. The fraction of sp³-hybridized carbons (Fsp3) is 0.222. The van der Waals surface area contributed by atoms with Crippen molar-refractivity contribution in [3.63, 3.8) is 0 Å². The second-order valence-electron chi connectivity index (χ2n) is 2.81. The van der Waals surface area contributed by atoms with Gasteiger partial charge in [0.15, 0.2) is 0 Å². The van der Waals surface area contributed by atoms with Gasteiger partial charge in [0.1, 0.15) is 0 Å². The maximum atomic E-state index is 5.70. The third-order valence-corrected chi connectivity index (χ3v) is 2.25. The van der Waals surface area contributed by atoms with E-state index in [0.717, 1.165) is 16.6 Å². The Morgan fingerprint density at radius 3 is 3.08 bits per heavy atom. The number of imidazole rings is 1. The van der Waals surface area contributed by atoms with Crippen LogP contribution in [0.25, 0.3) is 11.0 Å². The molecule has 62 valence electrons. The molecule has 3 heteroatoms. The van der Waals surface area contributed by atoms with Gasteiger partial charge in [0.25, 0.3) is 0 Å². The van der Waals surface area contributed by atoms with Crippen LogP contribution in [0, 0.1) is 0 Å². The summed E-state index contributed by atoms with van der Waals surface area (Å²) in [6, 6.07) is 6.08. The molecule has 0 aliphatic rings. The lowest BCUT2D eigenvalue weighted by Crippen LogP contribution is -1.83. The molecule has 0 aliphatic heterocycles. The normalized spacial score (nSPS) is 10.8. The first-order chi connectivity index (χ1) is 5.81. The van der Waals surface area contributed by atoms with E-state index in [-0.39, 0.29) is 0 Å². The van der Waals surface area contributed by atoms with Gasteiger partial charge in [-0.2, -0.15) is 0 Å². The van der Waals surface area contributed by atoms with Gasteiger partial charge in [0.2, 0.25) is 0 Å². The Morgan fingerprint density at radius 2 is 2.33 bits per heavy atom. The van der Waals surface area contributed by atoms with E-state index in [9.17, 15) is 0 Å². The molecule has 2 nitrogen and oxygen atoms in total. The Labute approximate surface area is 75.8 Å². The predicted octanol–water partition coefficient (Wildman–Crippen LogP) is 2.31. The molecule has 0 saturated heterocycles. The average Bonchev–Trinajstić information content (AvgIpc) is 2.47. The van der Waals surface area contributed by atoms with Crippen molar-refractivity contribution in [3.05, 3.63) is 30.1 Å². The van der Waals surface area contributed by atoms with E-state index in [0.29, 0.717) is 5.88 Å². The molecule has 0 aliphatic carbocycles. The van der Waals surface area contributed by atoms with E-state index in [1.807, 2.05) is 36.1 Å². The molecule has 0 saturated carbocycles. The van der Waals surface area contributed by atoms with Gasteiger partial charge >= 0.3 is 0 Å². The lowest BCUT2D eigenvalue weighted by atomic mass is 10.2. The number of fused-ring (bicyclic) bond motifs is 1. The van der Waals surface area contributed by atoms with Crippen molar-refractivity contribution in [3.8, 4) is 0 Å². The summed E-state index contributed by atoms with van der Waals surface area (Å²) in [6.45, 7) is 0. The standard InChI is InChI=1S/C9H9ClN2/c1-12-6-11-8-4-7(5-10)2-3-9(8)12/h2-4,6H,5H2,1H3. The van der Waals surface area contributed by atoms with Crippen LogP contribution in [0.3, 0.4) is 0 Å². The molecular formula is C9H9ClN2. The molecule has 0 unspecified atom stereocenters. The predicted molar refractivity (Wildman–Crippen MR) is 50.3 cm³/mol. The van der Waals surface area contributed by atoms with Crippen LogP contribution in [-0.2, 0) is 12.9 Å². The Morgan fingerprint density at radius 1 is 1.50 bits per heavy atom. The van der Waals surface area contributed by atoms with Crippen LogP contribution in [0.2, 0.25) is 0 Å². The number of aryl methyl sites for hydroxylation is 1. The van der Waals surface area contributed by atoms with Crippen molar-refractivity contribution in [2.75, 3.05) is 0 Å². The van der Waals surface area contributed by atoms with Gasteiger partial charge < -0.3 is 4.57 Å². The topological polar surface area (TPSA) is 17.8 Å². The van der Waals surface area contributed by atoms with Crippen molar-refractivity contribution in [1.82, 2.24) is 9.55 Å². The van der Waals surface area contributed by atoms with Crippen LogP contribution in [0.5, 0.6) is 0 Å². The molecule has 1 aromatic heterocycles. The Hall–Kier alpha value is -1.02. The molecule has 2 rings (SSSR count). The summed E-state index contributed by atoms with van der Waals surface area (Å²) >= 11 is 5.70. The fourth-order valence-electron chi connectivity index (χ4n) is 1.26. The average molecular weight is 181 g/mol. The summed E-state index contributed by atoms with van der Waals surface area (Å²) in [7, 11) is 1.98. The van der Waals surface area contributed by atoms with Crippen LogP contribution in [0.1, 0.15) is 5.56 Å². The largest absolute Gasteiger partial charge is 0.334 e. The SMILES string of the molecule is Cn1cnc2cc(CCl)ccc21. The summed E-state index contributed by atoms with van der Waals surface area (Å²) < 4.78 is 1.99. The zero-order valence-electron chi connectivity index (χ0n) is 6.79. The quantitative estimate of drug-likeness (QED) is 0.616. The maximum absolute atomic E-state index is 5.70. The van der Waals surface area contributed by atoms with E-state index in [2.05, 4.69) is 4.98 Å². The number of benzene rings is 1. The van der Waals surface area contributed by atoms with Crippen LogP contribution < -0.4 is 0 Å². The molecular weight excluding hydrogens is 172 g/mol. The molecule has 0 radical (unpaired) electrons. The number of halogens is 1. The van der Waals surface area contributed by atoms with Crippen molar-refractivity contribution in [2.24, 2.45) is 7.05 Å². The number of aromatic nitrogens is 2. The summed E-state index contributed by atoms with van der Waals surface area (Å²) in [5, 5.41) is 0. The van der Waals surface area contributed by atoms with E-state index >= 15 is 0 Å². The molecule has 1 heterocycles. The van der Waals surface area contributed by atoms with Gasteiger partial charge in [-0.1, -0.05) is 6.07 Å². The molecule has 12 heavy (non-hydrogen) atoms. The van der Waals surface area contributed by atoms with E-state index in [1.165, 1.54) is 0 Å². The monoisotopic (exact) mass is 180 g/mol. The highest BCUT2D eigenvalue weighted by molar-refractivity contribution is 6.17. The Kier molecular flexibility index (Phi) is 1.77. The van der Waals surface area contributed by atoms with Gasteiger partial charge in [-0.3, -0.25) is 0 Å². The van der Waals surface area contributed by atoms with E-state index in [1.54, 1.807) is 0 Å². The summed E-state index contributed by atoms with van der Waals surface area (Å²) in [5.74, 6) is 0.548. The molecule has 0 amide bonds. The number of alkyl halides is 1.